The smallest absolute Gasteiger partial charge is 0.306 e. The van der Waals surface area contributed by atoms with E-state index in [1.54, 1.807) is 24.3 Å². The average molecular weight is 309 g/mol. The highest BCUT2D eigenvalue weighted by molar-refractivity contribution is 8.26. The highest BCUT2D eigenvalue weighted by Crippen LogP contribution is 2.26. The topological polar surface area (TPSA) is 75.6 Å². The number of carbonyl (C=O) groups excluding carboxylic acids is 1. The summed E-state index contributed by atoms with van der Waals surface area (Å²) in [5.41, 5.74) is 0.792. The summed E-state index contributed by atoms with van der Waals surface area (Å²) in [6.45, 7) is 0.106. The molecule has 1 aromatic carbocycles. The maximum Gasteiger partial charge on any atom is 0.306 e. The maximum atomic E-state index is 11.5. The van der Waals surface area contributed by atoms with E-state index in [0.29, 0.717) is 15.0 Å². The molecule has 0 radical (unpaired) electrons. The highest BCUT2D eigenvalue weighted by Gasteiger charge is 2.21. The third kappa shape index (κ3) is 4.07. The van der Waals surface area contributed by atoms with Crippen LogP contribution in [0.4, 0.5) is 0 Å². The van der Waals surface area contributed by atoms with Crippen LogP contribution in [0.3, 0.4) is 0 Å². The van der Waals surface area contributed by atoms with E-state index in [4.69, 9.17) is 22.1 Å². The van der Waals surface area contributed by atoms with Crippen LogP contribution < -0.4 is 10.1 Å². The minimum absolute atomic E-state index is 0.0577. The van der Waals surface area contributed by atoms with Crippen molar-refractivity contribution >= 4 is 46.3 Å². The van der Waals surface area contributed by atoms with Gasteiger partial charge in [-0.25, -0.2) is 0 Å². The monoisotopic (exact) mass is 309 g/mol. The number of nitrogens with one attached hydrogen (secondary N) is 1. The molecule has 1 fully saturated rings. The van der Waals surface area contributed by atoms with E-state index in [1.807, 2.05) is 6.07 Å². The van der Waals surface area contributed by atoms with E-state index >= 15 is 0 Å². The van der Waals surface area contributed by atoms with Gasteiger partial charge in [0.2, 0.25) is 0 Å². The fourth-order valence-electron chi connectivity index (χ4n) is 1.52. The van der Waals surface area contributed by atoms with E-state index in [2.05, 4.69) is 5.32 Å². The molecule has 0 atom stereocenters. The van der Waals surface area contributed by atoms with Crippen molar-refractivity contribution in [2.75, 3.05) is 6.61 Å². The Kier molecular flexibility index (Phi) is 4.75. The Morgan fingerprint density at radius 3 is 2.95 bits per heavy atom. The lowest BCUT2D eigenvalue weighted by molar-refractivity contribution is -0.137. The van der Waals surface area contributed by atoms with E-state index in [-0.39, 0.29) is 18.9 Å². The van der Waals surface area contributed by atoms with Crippen LogP contribution >= 0.6 is 24.0 Å². The van der Waals surface area contributed by atoms with Gasteiger partial charge in [-0.3, -0.25) is 9.59 Å². The molecule has 0 aliphatic carbocycles. The number of rotatable bonds is 5. The molecule has 20 heavy (non-hydrogen) atoms. The van der Waals surface area contributed by atoms with Gasteiger partial charge in [0.05, 0.1) is 17.9 Å². The molecule has 0 unspecified atom stereocenters. The van der Waals surface area contributed by atoms with Crippen molar-refractivity contribution in [2.45, 2.75) is 6.42 Å². The number of amides is 1. The summed E-state index contributed by atoms with van der Waals surface area (Å²) in [4.78, 5) is 22.5. The first-order valence-corrected chi connectivity index (χ1v) is 6.96. The second-order valence-corrected chi connectivity index (χ2v) is 5.64. The zero-order chi connectivity index (χ0) is 14.5. The normalized spacial score (nSPS) is 16.3. The number of carboxylic acid groups (broad SMARTS) is 1. The van der Waals surface area contributed by atoms with E-state index < -0.39 is 5.97 Å². The molecule has 1 aliphatic rings. The Labute approximate surface area is 125 Å². The molecule has 5 nitrogen and oxygen atoms in total. The number of hydrogen-bond acceptors (Lipinski definition) is 5. The minimum Gasteiger partial charge on any atom is -0.493 e. The number of carboxylic acids is 1. The molecule has 2 rings (SSSR count). The molecule has 0 spiro atoms. The van der Waals surface area contributed by atoms with Crippen molar-refractivity contribution in [1.29, 1.82) is 0 Å². The Balaban J connectivity index is 2.06. The van der Waals surface area contributed by atoms with Crippen LogP contribution in [0.1, 0.15) is 12.0 Å². The molecule has 1 heterocycles. The highest BCUT2D eigenvalue weighted by atomic mass is 32.2. The molecule has 7 heteroatoms. The van der Waals surface area contributed by atoms with Gasteiger partial charge in [-0.15, -0.1) is 0 Å². The van der Waals surface area contributed by atoms with Crippen LogP contribution in [0, 0.1) is 0 Å². The largest absolute Gasteiger partial charge is 0.493 e. The van der Waals surface area contributed by atoms with Crippen molar-refractivity contribution in [1.82, 2.24) is 5.32 Å². The SMILES string of the molecule is O=C(O)CCOc1cccc(/C=C2\SC(=S)NC2=O)c1. The second kappa shape index (κ2) is 6.53. The third-order valence-electron chi connectivity index (χ3n) is 2.38. The Morgan fingerprint density at radius 1 is 1.50 bits per heavy atom. The van der Waals surface area contributed by atoms with Gasteiger partial charge in [-0.1, -0.05) is 36.1 Å². The molecule has 0 saturated carbocycles. The van der Waals surface area contributed by atoms with Gasteiger partial charge in [0, 0.05) is 0 Å². The molecule has 104 valence electrons. The number of ether oxygens (including phenoxy) is 1. The van der Waals surface area contributed by atoms with Crippen molar-refractivity contribution in [2.24, 2.45) is 0 Å². The van der Waals surface area contributed by atoms with Gasteiger partial charge in [-0.2, -0.15) is 0 Å². The Morgan fingerprint density at radius 2 is 2.30 bits per heavy atom. The Hall–Kier alpha value is -1.86. The standard InChI is InChI=1S/C13H11NO4S2/c15-11(16)4-5-18-9-3-1-2-8(6-9)7-10-12(17)14-13(19)20-10/h1-3,6-7H,4-5H2,(H,15,16)(H,14,17,19)/b10-7-. The maximum absolute atomic E-state index is 11.5. The lowest BCUT2D eigenvalue weighted by Crippen LogP contribution is -2.17. The van der Waals surface area contributed by atoms with Gasteiger partial charge in [0.15, 0.2) is 0 Å². The minimum atomic E-state index is -0.907. The van der Waals surface area contributed by atoms with Crippen LogP contribution in [0.15, 0.2) is 29.2 Å². The lowest BCUT2D eigenvalue weighted by Gasteiger charge is -2.05. The summed E-state index contributed by atoms with van der Waals surface area (Å²) >= 11 is 6.12. The fourth-order valence-corrected chi connectivity index (χ4v) is 2.57. The predicted octanol–water partition coefficient (Wildman–Crippen LogP) is 2.03. The van der Waals surface area contributed by atoms with E-state index in [9.17, 15) is 9.59 Å². The van der Waals surface area contributed by atoms with Crippen molar-refractivity contribution in [3.63, 3.8) is 0 Å². The van der Waals surface area contributed by atoms with Crippen LogP contribution in [-0.4, -0.2) is 27.9 Å². The van der Waals surface area contributed by atoms with E-state index in [0.717, 1.165) is 5.56 Å². The lowest BCUT2D eigenvalue weighted by atomic mass is 10.2. The first-order chi connectivity index (χ1) is 9.54. The predicted molar refractivity (Wildman–Crippen MR) is 80.5 cm³/mol. The molecular weight excluding hydrogens is 298 g/mol. The number of thioether (sulfide) groups is 1. The average Bonchev–Trinajstić information content (AvgIpc) is 2.68. The van der Waals surface area contributed by atoms with Crippen LogP contribution in [-0.2, 0) is 9.59 Å². The van der Waals surface area contributed by atoms with Crippen molar-refractivity contribution in [3.8, 4) is 5.75 Å². The van der Waals surface area contributed by atoms with Crippen LogP contribution in [0.2, 0.25) is 0 Å². The van der Waals surface area contributed by atoms with Crippen LogP contribution in [0.5, 0.6) is 5.75 Å². The Bertz CT molecular complexity index is 598. The molecule has 1 saturated heterocycles. The molecule has 0 bridgehead atoms. The van der Waals surface area contributed by atoms with Crippen LogP contribution in [0.25, 0.3) is 6.08 Å². The summed E-state index contributed by atoms with van der Waals surface area (Å²) in [5.74, 6) is -0.556. The van der Waals surface area contributed by atoms with Gasteiger partial charge in [-0.05, 0) is 23.8 Å². The quantitative estimate of drug-likeness (QED) is 0.640. The van der Waals surface area contributed by atoms with Crippen molar-refractivity contribution in [3.05, 3.63) is 34.7 Å². The fraction of sp³-hybridized carbons (Fsp3) is 0.154. The molecule has 2 N–H and O–H groups in total. The number of carbonyl (C=O) groups is 2. The molecular formula is C13H11NO4S2. The summed E-state index contributed by atoms with van der Waals surface area (Å²) < 4.78 is 5.77. The third-order valence-corrected chi connectivity index (χ3v) is 3.55. The number of benzene rings is 1. The summed E-state index contributed by atoms with van der Waals surface area (Å²) in [6, 6.07) is 7.07. The summed E-state index contributed by atoms with van der Waals surface area (Å²) in [6.07, 6.45) is 1.65. The van der Waals surface area contributed by atoms with Gasteiger partial charge < -0.3 is 15.2 Å². The molecule has 1 aromatic rings. The van der Waals surface area contributed by atoms with Gasteiger partial charge in [0.1, 0.15) is 10.1 Å². The summed E-state index contributed by atoms with van der Waals surface area (Å²) in [7, 11) is 0. The summed E-state index contributed by atoms with van der Waals surface area (Å²) in [5, 5.41) is 11.1. The molecule has 1 amide bonds. The number of thiocarbonyl (C=S) groups is 1. The number of aliphatic carboxylic acids is 1. The zero-order valence-corrected chi connectivity index (χ0v) is 11.9. The molecule has 1 aliphatic heterocycles. The van der Waals surface area contributed by atoms with Gasteiger partial charge >= 0.3 is 5.97 Å². The zero-order valence-electron chi connectivity index (χ0n) is 10.3. The second-order valence-electron chi connectivity index (χ2n) is 3.92. The van der Waals surface area contributed by atoms with E-state index in [1.165, 1.54) is 11.8 Å². The first kappa shape index (κ1) is 14.5. The molecule has 0 aromatic heterocycles. The number of hydrogen-bond donors (Lipinski definition) is 2. The van der Waals surface area contributed by atoms with Gasteiger partial charge in [0.25, 0.3) is 5.91 Å². The first-order valence-electron chi connectivity index (χ1n) is 5.74. The van der Waals surface area contributed by atoms with Crippen molar-refractivity contribution < 1.29 is 19.4 Å².